The van der Waals surface area contributed by atoms with Crippen LogP contribution in [0, 0.1) is 0 Å². The van der Waals surface area contributed by atoms with Crippen molar-refractivity contribution >= 4 is 35.1 Å². The van der Waals surface area contributed by atoms with Gasteiger partial charge < -0.3 is 10.2 Å². The van der Waals surface area contributed by atoms with Crippen molar-refractivity contribution in [2.45, 2.75) is 38.5 Å². The molecule has 0 aliphatic heterocycles. The average molecular weight is 404 g/mol. The van der Waals surface area contributed by atoms with E-state index in [4.69, 9.17) is 10.2 Å². The monoisotopic (exact) mass is 403 g/mol. The Kier molecular flexibility index (Phi) is 18.1. The summed E-state index contributed by atoms with van der Waals surface area (Å²) in [7, 11) is 0. The van der Waals surface area contributed by atoms with Crippen LogP contribution in [0.4, 0.5) is 0 Å². The smallest absolute Gasteiger partial charge is 0.372 e. The normalized spacial score (nSPS) is 8.64. The maximum atomic E-state index is 10.8. The molecule has 0 aromatic heterocycles. The Labute approximate surface area is 155 Å². The summed E-state index contributed by atoms with van der Waals surface area (Å²) in [5.41, 5.74) is 0. The molecule has 0 aromatic rings. The zero-order chi connectivity index (χ0) is 19.1. The van der Waals surface area contributed by atoms with E-state index >= 15 is 0 Å². The number of carbonyl (C=O) groups is 6. The molecule has 25 heavy (non-hydrogen) atoms. The fraction of sp³-hybridized carbons (Fsp3) is 0.375. The van der Waals surface area contributed by atoms with Gasteiger partial charge in [0, 0.05) is 29.9 Å². The molecule has 1 radical (unpaired) electrons. The second-order valence-electron chi connectivity index (χ2n) is 4.54. The topological polar surface area (TPSA) is 143 Å². The van der Waals surface area contributed by atoms with Gasteiger partial charge in [0.15, 0.2) is 0 Å². The van der Waals surface area contributed by atoms with E-state index in [-0.39, 0.29) is 41.5 Å². The van der Waals surface area contributed by atoms with Crippen LogP contribution in [0.3, 0.4) is 0 Å². The molecule has 0 heterocycles. The van der Waals surface area contributed by atoms with Gasteiger partial charge in [0.05, 0.1) is 12.8 Å². The summed E-state index contributed by atoms with van der Waals surface area (Å²) in [4.78, 5) is 62.5. The zero-order valence-corrected chi connectivity index (χ0v) is 14.4. The van der Waals surface area contributed by atoms with E-state index in [1.807, 2.05) is 0 Å². The van der Waals surface area contributed by atoms with E-state index < -0.39 is 36.3 Å². The summed E-state index contributed by atoms with van der Waals surface area (Å²) in [5, 5.41) is 16.3. The van der Waals surface area contributed by atoms with Crippen LogP contribution >= 0.6 is 0 Å². The van der Waals surface area contributed by atoms with Gasteiger partial charge in [0.2, 0.25) is 11.6 Å². The van der Waals surface area contributed by atoms with Crippen LogP contribution in [0.25, 0.3) is 0 Å². The maximum absolute atomic E-state index is 10.8. The molecular formula is C16H20CuO8. The molecular weight excluding hydrogens is 384 g/mol. The number of hydrogen-bond donors (Lipinski definition) is 2. The first-order chi connectivity index (χ1) is 11.1. The molecule has 0 rings (SSSR count). The van der Waals surface area contributed by atoms with E-state index in [1.54, 1.807) is 12.2 Å². The molecule has 143 valence electrons. The van der Waals surface area contributed by atoms with Crippen molar-refractivity contribution < 1.29 is 56.0 Å². The van der Waals surface area contributed by atoms with E-state index in [0.29, 0.717) is 12.8 Å². The molecule has 8 nitrogen and oxygen atoms in total. The predicted molar refractivity (Wildman–Crippen MR) is 83.4 cm³/mol. The summed E-state index contributed by atoms with van der Waals surface area (Å²) in [6, 6.07) is 0. The molecule has 0 bridgehead atoms. The van der Waals surface area contributed by atoms with Gasteiger partial charge in [-0.15, -0.1) is 13.2 Å². The number of hydrogen-bond acceptors (Lipinski definition) is 6. The Hall–Kier alpha value is -2.38. The quantitative estimate of drug-likeness (QED) is 0.213. The summed E-state index contributed by atoms with van der Waals surface area (Å²) < 4.78 is 0. The molecule has 2 N–H and O–H groups in total. The molecule has 0 aromatic carbocycles. The van der Waals surface area contributed by atoms with Crippen molar-refractivity contribution in [2.75, 3.05) is 0 Å². The first-order valence-electron chi connectivity index (χ1n) is 6.93. The fourth-order valence-corrected chi connectivity index (χ4v) is 1.21. The van der Waals surface area contributed by atoms with E-state index in [9.17, 15) is 28.8 Å². The van der Waals surface area contributed by atoms with Crippen LogP contribution in [0.15, 0.2) is 25.3 Å². The van der Waals surface area contributed by atoms with Gasteiger partial charge in [-0.3, -0.25) is 19.2 Å². The van der Waals surface area contributed by atoms with Crippen molar-refractivity contribution in [3.05, 3.63) is 25.3 Å². The van der Waals surface area contributed by atoms with Gasteiger partial charge in [0.1, 0.15) is 11.6 Å². The van der Waals surface area contributed by atoms with Gasteiger partial charge in [-0.25, -0.2) is 9.59 Å². The minimum atomic E-state index is -1.55. The third-order valence-electron chi connectivity index (χ3n) is 2.45. The Morgan fingerprint density at radius 1 is 0.680 bits per heavy atom. The molecule has 0 saturated carbocycles. The minimum absolute atomic E-state index is 0. The molecule has 0 spiro atoms. The van der Waals surface area contributed by atoms with Crippen molar-refractivity contribution in [3.63, 3.8) is 0 Å². The molecule has 9 heteroatoms. The maximum Gasteiger partial charge on any atom is 0.372 e. The first kappa shape index (κ1) is 27.5. The Morgan fingerprint density at radius 3 is 1.16 bits per heavy atom. The third-order valence-corrected chi connectivity index (χ3v) is 2.45. The minimum Gasteiger partial charge on any atom is -0.475 e. The largest absolute Gasteiger partial charge is 0.475 e. The van der Waals surface area contributed by atoms with Crippen LogP contribution in [0.5, 0.6) is 0 Å². The summed E-state index contributed by atoms with van der Waals surface area (Å²) in [6.45, 7) is 6.79. The fourth-order valence-electron chi connectivity index (χ4n) is 1.21. The number of carboxylic acid groups (broad SMARTS) is 2. The molecule has 0 atom stereocenters. The summed E-state index contributed by atoms with van der Waals surface area (Å²) in [6.07, 6.45) is 3.39. The number of carboxylic acids is 2. The van der Waals surface area contributed by atoms with Gasteiger partial charge in [0.25, 0.3) is 0 Å². The molecule has 0 aliphatic carbocycles. The molecule has 0 amide bonds. The second kappa shape index (κ2) is 16.5. The zero-order valence-electron chi connectivity index (χ0n) is 13.5. The molecule has 0 unspecified atom stereocenters. The summed E-state index contributed by atoms with van der Waals surface area (Å²) in [5.74, 6) is -5.93. The molecule has 0 aliphatic rings. The van der Waals surface area contributed by atoms with Gasteiger partial charge in [-0.05, 0) is 12.8 Å². The van der Waals surface area contributed by atoms with Crippen LogP contribution in [0.2, 0.25) is 0 Å². The number of Topliss-reactive ketones (excluding diaryl/α,β-unsaturated/α-hetero) is 4. The molecule has 0 fully saturated rings. The van der Waals surface area contributed by atoms with E-state index in [1.165, 1.54) is 0 Å². The van der Waals surface area contributed by atoms with Crippen LogP contribution in [-0.4, -0.2) is 45.3 Å². The van der Waals surface area contributed by atoms with Gasteiger partial charge in [-0.1, -0.05) is 12.2 Å². The Balaban J connectivity index is -0.000000372. The van der Waals surface area contributed by atoms with Gasteiger partial charge in [-0.2, -0.15) is 0 Å². The van der Waals surface area contributed by atoms with E-state index in [2.05, 4.69) is 13.2 Å². The van der Waals surface area contributed by atoms with Crippen LogP contribution in [0.1, 0.15) is 38.5 Å². The van der Waals surface area contributed by atoms with Crippen molar-refractivity contribution in [1.29, 1.82) is 0 Å². The summed E-state index contributed by atoms with van der Waals surface area (Å²) >= 11 is 0. The van der Waals surface area contributed by atoms with Crippen molar-refractivity contribution in [1.82, 2.24) is 0 Å². The number of allylic oxidation sites excluding steroid dienone is 2. The third kappa shape index (κ3) is 17.8. The van der Waals surface area contributed by atoms with Gasteiger partial charge >= 0.3 is 11.9 Å². The average Bonchev–Trinajstić information content (AvgIpc) is 2.51. The number of aliphatic carboxylic acids is 2. The number of rotatable bonds is 12. The first-order valence-corrected chi connectivity index (χ1v) is 6.93. The predicted octanol–water partition coefficient (Wildman–Crippen LogP) is 1.13. The Bertz CT molecular complexity index is 488. The van der Waals surface area contributed by atoms with Crippen LogP contribution < -0.4 is 0 Å². The standard InChI is InChI=1S/2C8H10O4.Cu/c2*1-2-3-4-6(9)5-7(10)8(11)12;/h2*2H,1,3-5H2,(H,11,12);. The SMILES string of the molecule is C=CCCC(=O)CC(=O)C(=O)O.C=CCCC(=O)CC(=O)C(=O)O.[Cu]. The van der Waals surface area contributed by atoms with Crippen LogP contribution in [-0.2, 0) is 45.8 Å². The molecule has 0 saturated heterocycles. The van der Waals surface area contributed by atoms with Crippen molar-refractivity contribution in [2.24, 2.45) is 0 Å². The second-order valence-corrected chi connectivity index (χ2v) is 4.54. The van der Waals surface area contributed by atoms with E-state index in [0.717, 1.165) is 0 Å². The van der Waals surface area contributed by atoms with Crippen molar-refractivity contribution in [3.8, 4) is 0 Å². The Morgan fingerprint density at radius 2 is 0.960 bits per heavy atom. The number of ketones is 4. The number of carbonyl (C=O) groups excluding carboxylic acids is 4.